The third-order valence-corrected chi connectivity index (χ3v) is 2.68. The van der Waals surface area contributed by atoms with Crippen molar-refractivity contribution >= 4 is 11.9 Å². The molecule has 1 atom stereocenters. The maximum absolute atomic E-state index is 11.6. The summed E-state index contributed by atoms with van der Waals surface area (Å²) < 4.78 is 0. The number of likely N-dealkylation sites (N-methyl/N-ethyl adjacent to an activating group) is 1. The Morgan fingerprint density at radius 2 is 2.17 bits per heavy atom. The zero-order valence-corrected chi connectivity index (χ0v) is 10.1. The summed E-state index contributed by atoms with van der Waals surface area (Å²) in [5.41, 5.74) is 3.61. The molecule has 0 bridgehead atoms. The molecule has 2 rings (SSSR count). The molecule has 0 aliphatic carbocycles. The average Bonchev–Trinajstić information content (AvgIpc) is 2.67. The number of hydrogen-bond acceptors (Lipinski definition) is 3. The molecule has 1 aliphatic rings. The van der Waals surface area contributed by atoms with E-state index in [2.05, 4.69) is 16.1 Å². The molecule has 1 aromatic carbocycles. The molecule has 0 radical (unpaired) electrons. The quantitative estimate of drug-likeness (QED) is 0.695. The Morgan fingerprint density at radius 1 is 1.44 bits per heavy atom. The van der Waals surface area contributed by atoms with Gasteiger partial charge < -0.3 is 10.6 Å². The lowest BCUT2D eigenvalue weighted by atomic mass is 10.2. The van der Waals surface area contributed by atoms with Crippen LogP contribution in [-0.2, 0) is 11.3 Å². The molecule has 6 heteroatoms. The predicted molar refractivity (Wildman–Crippen MR) is 66.4 cm³/mol. The molecule has 1 heterocycles. The smallest absolute Gasteiger partial charge is 0.315 e. The van der Waals surface area contributed by atoms with E-state index in [1.165, 1.54) is 0 Å². The monoisotopic (exact) mass is 248 g/mol. The number of hydrazine groups is 1. The topological polar surface area (TPSA) is 73.5 Å². The van der Waals surface area contributed by atoms with E-state index >= 15 is 0 Å². The van der Waals surface area contributed by atoms with Gasteiger partial charge in [-0.1, -0.05) is 30.3 Å². The minimum Gasteiger partial charge on any atom is -0.334 e. The lowest BCUT2D eigenvalue weighted by molar-refractivity contribution is -0.122. The van der Waals surface area contributed by atoms with Crippen molar-refractivity contribution < 1.29 is 9.59 Å². The van der Waals surface area contributed by atoms with Gasteiger partial charge in [-0.2, -0.15) is 0 Å². The normalized spacial score (nSPS) is 19.4. The van der Waals surface area contributed by atoms with Gasteiger partial charge in [0.25, 0.3) is 5.91 Å². The first kappa shape index (κ1) is 12.4. The van der Waals surface area contributed by atoms with Gasteiger partial charge in [0.2, 0.25) is 0 Å². The van der Waals surface area contributed by atoms with E-state index in [1.54, 1.807) is 12.1 Å². The molecule has 18 heavy (non-hydrogen) atoms. The molecular formula is C12H16N4O2. The van der Waals surface area contributed by atoms with Crippen LogP contribution in [-0.4, -0.2) is 36.6 Å². The van der Waals surface area contributed by atoms with Crippen molar-refractivity contribution in [2.45, 2.75) is 12.6 Å². The van der Waals surface area contributed by atoms with Gasteiger partial charge in [-0.15, -0.1) is 0 Å². The Morgan fingerprint density at radius 3 is 2.78 bits per heavy atom. The van der Waals surface area contributed by atoms with Gasteiger partial charge in [0, 0.05) is 20.1 Å². The molecule has 3 N–H and O–H groups in total. The fourth-order valence-electron chi connectivity index (χ4n) is 1.77. The van der Waals surface area contributed by atoms with E-state index in [-0.39, 0.29) is 11.9 Å². The van der Waals surface area contributed by atoms with Crippen LogP contribution < -0.4 is 16.1 Å². The summed E-state index contributed by atoms with van der Waals surface area (Å²) in [5.74, 6) is -0.188. The van der Waals surface area contributed by atoms with Crippen molar-refractivity contribution in [3.63, 3.8) is 0 Å². The number of carbonyl (C=O) groups excluding carboxylic acids is 2. The summed E-state index contributed by atoms with van der Waals surface area (Å²) in [6.07, 6.45) is 0. The van der Waals surface area contributed by atoms with E-state index in [0.29, 0.717) is 13.1 Å². The number of benzene rings is 1. The Hall–Kier alpha value is -2.08. The van der Waals surface area contributed by atoms with Crippen LogP contribution in [0.1, 0.15) is 5.56 Å². The number of urea groups is 1. The number of carbonyl (C=O) groups is 2. The van der Waals surface area contributed by atoms with Crippen LogP contribution in [0.25, 0.3) is 0 Å². The van der Waals surface area contributed by atoms with Gasteiger partial charge in [0.05, 0.1) is 0 Å². The second kappa shape index (κ2) is 5.50. The van der Waals surface area contributed by atoms with Crippen molar-refractivity contribution in [1.29, 1.82) is 0 Å². The molecule has 1 aliphatic heterocycles. The van der Waals surface area contributed by atoms with Gasteiger partial charge in [0.1, 0.15) is 6.04 Å². The fraction of sp³-hybridized carbons (Fsp3) is 0.333. The summed E-state index contributed by atoms with van der Waals surface area (Å²) in [6, 6.07) is 8.76. The Labute approximate surface area is 105 Å². The predicted octanol–water partition coefficient (Wildman–Crippen LogP) is -0.169. The summed E-state index contributed by atoms with van der Waals surface area (Å²) in [4.78, 5) is 23.0. The SMILES string of the molecule is CN1CC(NC(=O)NCc2ccccc2)C(=O)N1. The maximum atomic E-state index is 11.6. The van der Waals surface area contributed by atoms with Crippen LogP contribution in [0.4, 0.5) is 4.79 Å². The highest BCUT2D eigenvalue weighted by molar-refractivity contribution is 5.88. The van der Waals surface area contributed by atoms with Crippen molar-refractivity contribution in [2.75, 3.05) is 13.6 Å². The summed E-state index contributed by atoms with van der Waals surface area (Å²) in [6.45, 7) is 0.911. The van der Waals surface area contributed by atoms with Crippen LogP contribution in [0.15, 0.2) is 30.3 Å². The summed E-state index contributed by atoms with van der Waals surface area (Å²) in [7, 11) is 1.75. The number of nitrogens with one attached hydrogen (secondary N) is 3. The average molecular weight is 248 g/mol. The van der Waals surface area contributed by atoms with Crippen LogP contribution in [0, 0.1) is 0 Å². The highest BCUT2D eigenvalue weighted by Crippen LogP contribution is 1.98. The zero-order chi connectivity index (χ0) is 13.0. The minimum absolute atomic E-state index is 0.188. The van der Waals surface area contributed by atoms with Crippen LogP contribution in [0.5, 0.6) is 0 Å². The summed E-state index contributed by atoms with van der Waals surface area (Å²) in [5, 5.41) is 6.98. The van der Waals surface area contributed by atoms with E-state index in [1.807, 2.05) is 30.3 Å². The van der Waals surface area contributed by atoms with Crippen molar-refractivity contribution in [3.8, 4) is 0 Å². The molecule has 1 aromatic rings. The number of hydrogen-bond donors (Lipinski definition) is 3. The minimum atomic E-state index is -0.495. The first-order valence-electron chi connectivity index (χ1n) is 5.75. The molecule has 6 nitrogen and oxygen atoms in total. The van der Waals surface area contributed by atoms with Crippen LogP contribution in [0.3, 0.4) is 0 Å². The second-order valence-corrected chi connectivity index (χ2v) is 4.22. The molecule has 1 fully saturated rings. The Bertz CT molecular complexity index is 435. The molecule has 1 saturated heterocycles. The number of amides is 3. The Kier molecular flexibility index (Phi) is 3.78. The molecule has 3 amide bonds. The molecule has 0 spiro atoms. The van der Waals surface area contributed by atoms with Gasteiger partial charge in [-0.05, 0) is 5.56 Å². The highest BCUT2D eigenvalue weighted by atomic mass is 16.2. The van der Waals surface area contributed by atoms with E-state index in [9.17, 15) is 9.59 Å². The molecular weight excluding hydrogens is 232 g/mol. The fourth-order valence-corrected chi connectivity index (χ4v) is 1.77. The zero-order valence-electron chi connectivity index (χ0n) is 10.1. The third-order valence-electron chi connectivity index (χ3n) is 2.68. The lowest BCUT2D eigenvalue weighted by Crippen LogP contribution is -2.46. The Balaban J connectivity index is 1.77. The number of rotatable bonds is 3. The van der Waals surface area contributed by atoms with Crippen LogP contribution >= 0.6 is 0 Å². The molecule has 1 unspecified atom stereocenters. The van der Waals surface area contributed by atoms with Crippen molar-refractivity contribution in [3.05, 3.63) is 35.9 Å². The van der Waals surface area contributed by atoms with Gasteiger partial charge in [-0.25, -0.2) is 9.80 Å². The van der Waals surface area contributed by atoms with Gasteiger partial charge >= 0.3 is 6.03 Å². The molecule has 0 saturated carbocycles. The van der Waals surface area contributed by atoms with E-state index in [4.69, 9.17) is 0 Å². The third kappa shape index (κ3) is 3.21. The number of nitrogens with zero attached hydrogens (tertiary/aromatic N) is 1. The largest absolute Gasteiger partial charge is 0.334 e. The van der Waals surface area contributed by atoms with Gasteiger partial charge in [0.15, 0.2) is 0 Å². The lowest BCUT2D eigenvalue weighted by Gasteiger charge is -2.11. The highest BCUT2D eigenvalue weighted by Gasteiger charge is 2.29. The first-order valence-corrected chi connectivity index (χ1v) is 5.75. The maximum Gasteiger partial charge on any atom is 0.315 e. The van der Waals surface area contributed by atoms with Crippen molar-refractivity contribution in [2.24, 2.45) is 0 Å². The summed E-state index contributed by atoms with van der Waals surface area (Å²) >= 11 is 0. The van der Waals surface area contributed by atoms with Crippen molar-refractivity contribution in [1.82, 2.24) is 21.1 Å². The molecule has 96 valence electrons. The first-order chi connectivity index (χ1) is 8.65. The van der Waals surface area contributed by atoms with E-state index in [0.717, 1.165) is 5.56 Å². The molecule has 0 aromatic heterocycles. The second-order valence-electron chi connectivity index (χ2n) is 4.22. The standard InChI is InChI=1S/C12H16N4O2/c1-16-8-10(11(17)15-16)14-12(18)13-7-9-5-3-2-4-6-9/h2-6,10H,7-8H2,1H3,(H,15,17)(H2,13,14,18). The van der Waals surface area contributed by atoms with E-state index < -0.39 is 6.04 Å². The van der Waals surface area contributed by atoms with Gasteiger partial charge in [-0.3, -0.25) is 10.2 Å². The van der Waals surface area contributed by atoms with Crippen LogP contribution in [0.2, 0.25) is 0 Å².